The maximum absolute atomic E-state index is 11.4. The standard InChI is InChI=1S/C11H9BrO3/c1-14-9-4-2-3-7-5-10(8(13)6-12)15-11(7)9/h2-5H,6H2,1H3. The van der Waals surface area contributed by atoms with E-state index >= 15 is 0 Å². The number of fused-ring (bicyclic) bond motifs is 1. The average Bonchev–Trinajstić information content (AvgIpc) is 2.71. The molecule has 0 aliphatic rings. The zero-order valence-electron chi connectivity index (χ0n) is 8.12. The van der Waals surface area contributed by atoms with Crippen LogP contribution in [0.25, 0.3) is 11.0 Å². The fourth-order valence-electron chi connectivity index (χ4n) is 1.40. The van der Waals surface area contributed by atoms with E-state index in [0.29, 0.717) is 17.1 Å². The van der Waals surface area contributed by atoms with Crippen LogP contribution >= 0.6 is 15.9 Å². The molecule has 1 aromatic heterocycles. The van der Waals surface area contributed by atoms with Crippen LogP contribution in [0.15, 0.2) is 28.7 Å². The van der Waals surface area contributed by atoms with Gasteiger partial charge in [-0.25, -0.2) is 0 Å². The third-order valence-electron chi connectivity index (χ3n) is 2.12. The van der Waals surface area contributed by atoms with Crippen molar-refractivity contribution < 1.29 is 13.9 Å². The lowest BCUT2D eigenvalue weighted by molar-refractivity contribution is 0.0995. The molecule has 15 heavy (non-hydrogen) atoms. The lowest BCUT2D eigenvalue weighted by Crippen LogP contribution is -1.96. The van der Waals surface area contributed by atoms with Gasteiger partial charge in [0.1, 0.15) is 0 Å². The monoisotopic (exact) mass is 268 g/mol. The number of methoxy groups -OCH3 is 1. The molecule has 0 saturated carbocycles. The van der Waals surface area contributed by atoms with E-state index in [-0.39, 0.29) is 11.1 Å². The molecule has 0 spiro atoms. The summed E-state index contributed by atoms with van der Waals surface area (Å²) in [6, 6.07) is 7.26. The van der Waals surface area contributed by atoms with Crippen LogP contribution in [0.2, 0.25) is 0 Å². The van der Waals surface area contributed by atoms with Crippen molar-refractivity contribution in [2.24, 2.45) is 0 Å². The number of alkyl halides is 1. The summed E-state index contributed by atoms with van der Waals surface area (Å²) in [5.74, 6) is 0.917. The second-order valence-corrected chi connectivity index (χ2v) is 3.61. The summed E-state index contributed by atoms with van der Waals surface area (Å²) in [4.78, 5) is 11.4. The quantitative estimate of drug-likeness (QED) is 0.635. The molecule has 0 aliphatic carbocycles. The van der Waals surface area contributed by atoms with Crippen LogP contribution in [0.1, 0.15) is 10.6 Å². The molecule has 2 rings (SSSR count). The summed E-state index contributed by atoms with van der Waals surface area (Å²) in [6.07, 6.45) is 0. The zero-order chi connectivity index (χ0) is 10.8. The Morgan fingerprint density at radius 2 is 2.33 bits per heavy atom. The van der Waals surface area contributed by atoms with E-state index in [2.05, 4.69) is 15.9 Å². The van der Waals surface area contributed by atoms with Gasteiger partial charge in [0.15, 0.2) is 17.1 Å². The summed E-state index contributed by atoms with van der Waals surface area (Å²) >= 11 is 3.10. The summed E-state index contributed by atoms with van der Waals surface area (Å²) in [5.41, 5.74) is 0.615. The molecule has 3 nitrogen and oxygen atoms in total. The normalized spacial score (nSPS) is 10.5. The minimum Gasteiger partial charge on any atom is -0.493 e. The first-order valence-electron chi connectivity index (χ1n) is 4.42. The smallest absolute Gasteiger partial charge is 0.208 e. The molecule has 4 heteroatoms. The topological polar surface area (TPSA) is 39.4 Å². The highest BCUT2D eigenvalue weighted by Gasteiger charge is 2.13. The van der Waals surface area contributed by atoms with Crippen LogP contribution < -0.4 is 4.74 Å². The van der Waals surface area contributed by atoms with Gasteiger partial charge >= 0.3 is 0 Å². The molecule has 0 atom stereocenters. The van der Waals surface area contributed by atoms with Gasteiger partial charge in [0, 0.05) is 5.39 Å². The van der Waals surface area contributed by atoms with Crippen molar-refractivity contribution in [2.45, 2.75) is 0 Å². The Morgan fingerprint density at radius 1 is 1.53 bits per heavy atom. The van der Waals surface area contributed by atoms with Crippen molar-refractivity contribution in [1.82, 2.24) is 0 Å². The Bertz CT molecular complexity index is 502. The summed E-state index contributed by atoms with van der Waals surface area (Å²) in [7, 11) is 1.57. The van der Waals surface area contributed by atoms with Gasteiger partial charge in [0.25, 0.3) is 0 Å². The van der Waals surface area contributed by atoms with Crippen LogP contribution in [-0.2, 0) is 0 Å². The van der Waals surface area contributed by atoms with Crippen molar-refractivity contribution in [3.05, 3.63) is 30.0 Å². The van der Waals surface area contributed by atoms with Crippen molar-refractivity contribution in [3.63, 3.8) is 0 Å². The SMILES string of the molecule is COc1cccc2cc(C(=O)CBr)oc12. The summed E-state index contributed by atoms with van der Waals surface area (Å²) in [5, 5.41) is 1.13. The van der Waals surface area contributed by atoms with Gasteiger partial charge in [-0.05, 0) is 12.1 Å². The van der Waals surface area contributed by atoms with Gasteiger partial charge in [-0.2, -0.15) is 0 Å². The molecule has 0 bridgehead atoms. The zero-order valence-corrected chi connectivity index (χ0v) is 9.71. The first-order chi connectivity index (χ1) is 7.26. The molecule has 78 valence electrons. The number of benzene rings is 1. The lowest BCUT2D eigenvalue weighted by atomic mass is 10.2. The predicted molar refractivity (Wildman–Crippen MR) is 60.9 cm³/mol. The van der Waals surface area contributed by atoms with E-state index in [9.17, 15) is 4.79 Å². The van der Waals surface area contributed by atoms with Crippen LogP contribution in [0, 0.1) is 0 Å². The molecule has 0 saturated heterocycles. The average molecular weight is 269 g/mol. The van der Waals surface area contributed by atoms with Crippen LogP contribution in [0.4, 0.5) is 0 Å². The third kappa shape index (κ3) is 1.77. The number of carbonyl (C=O) groups is 1. The van der Waals surface area contributed by atoms with E-state index in [1.165, 1.54) is 0 Å². The number of hydrogen-bond acceptors (Lipinski definition) is 3. The number of ketones is 1. The van der Waals surface area contributed by atoms with E-state index < -0.39 is 0 Å². The van der Waals surface area contributed by atoms with Crippen molar-refractivity contribution in [2.75, 3.05) is 12.4 Å². The number of Topliss-reactive ketones (excluding diaryl/α,β-unsaturated/α-hetero) is 1. The number of hydrogen-bond donors (Lipinski definition) is 0. The summed E-state index contributed by atoms with van der Waals surface area (Å²) in [6.45, 7) is 0. The van der Waals surface area contributed by atoms with Crippen LogP contribution in [0.5, 0.6) is 5.75 Å². The largest absolute Gasteiger partial charge is 0.493 e. The Kier molecular flexibility index (Phi) is 2.77. The van der Waals surface area contributed by atoms with Gasteiger partial charge in [-0.1, -0.05) is 28.1 Å². The number of furan rings is 1. The van der Waals surface area contributed by atoms with E-state index in [1.54, 1.807) is 19.2 Å². The molecule has 1 heterocycles. The van der Waals surface area contributed by atoms with Gasteiger partial charge in [-0.3, -0.25) is 4.79 Å². The van der Waals surface area contributed by atoms with Gasteiger partial charge in [0.2, 0.25) is 5.78 Å². The molecule has 0 aliphatic heterocycles. The highest BCUT2D eigenvalue weighted by atomic mass is 79.9. The van der Waals surface area contributed by atoms with E-state index in [4.69, 9.17) is 9.15 Å². The van der Waals surface area contributed by atoms with E-state index in [0.717, 1.165) is 5.39 Å². The maximum Gasteiger partial charge on any atom is 0.208 e. The van der Waals surface area contributed by atoms with Gasteiger partial charge in [-0.15, -0.1) is 0 Å². The van der Waals surface area contributed by atoms with Crippen molar-refractivity contribution in [1.29, 1.82) is 0 Å². The lowest BCUT2D eigenvalue weighted by Gasteiger charge is -1.98. The van der Waals surface area contributed by atoms with Crippen LogP contribution in [0.3, 0.4) is 0 Å². The summed E-state index contributed by atoms with van der Waals surface area (Å²) < 4.78 is 10.6. The number of ether oxygens (including phenoxy) is 1. The van der Waals surface area contributed by atoms with Crippen molar-refractivity contribution in [3.8, 4) is 5.75 Å². The second-order valence-electron chi connectivity index (χ2n) is 3.05. The number of rotatable bonds is 3. The van der Waals surface area contributed by atoms with Gasteiger partial charge < -0.3 is 9.15 Å². The fourth-order valence-corrected chi connectivity index (χ4v) is 1.68. The second kappa shape index (κ2) is 4.06. The van der Waals surface area contributed by atoms with Crippen molar-refractivity contribution >= 4 is 32.7 Å². The highest BCUT2D eigenvalue weighted by molar-refractivity contribution is 9.09. The van der Waals surface area contributed by atoms with Crippen LogP contribution in [-0.4, -0.2) is 18.2 Å². The predicted octanol–water partition coefficient (Wildman–Crippen LogP) is 3.02. The number of carbonyl (C=O) groups excluding carboxylic acids is 1. The minimum atomic E-state index is -0.0757. The van der Waals surface area contributed by atoms with Gasteiger partial charge in [0.05, 0.1) is 12.4 Å². The number of halogens is 1. The molecular weight excluding hydrogens is 260 g/mol. The maximum atomic E-state index is 11.4. The molecule has 2 aromatic rings. The Hall–Kier alpha value is -1.29. The van der Waals surface area contributed by atoms with E-state index in [1.807, 2.05) is 12.1 Å². The minimum absolute atomic E-state index is 0.0757. The first-order valence-corrected chi connectivity index (χ1v) is 5.54. The molecule has 0 radical (unpaired) electrons. The molecule has 1 aromatic carbocycles. The third-order valence-corrected chi connectivity index (χ3v) is 2.63. The molecule has 0 amide bonds. The molecule has 0 N–H and O–H groups in total. The Balaban J connectivity index is 2.60. The molecular formula is C11H9BrO3. The highest BCUT2D eigenvalue weighted by Crippen LogP contribution is 2.28. The molecule has 0 unspecified atom stereocenters. The number of para-hydroxylation sites is 1. The Labute approximate surface area is 95.1 Å². The fraction of sp³-hybridized carbons (Fsp3) is 0.182. The first kappa shape index (κ1) is 10.2. The molecule has 0 fully saturated rings. The Morgan fingerprint density at radius 3 is 3.00 bits per heavy atom.